The summed E-state index contributed by atoms with van der Waals surface area (Å²) in [6, 6.07) is 0.263. The van der Waals surface area contributed by atoms with E-state index in [0.717, 1.165) is 32.5 Å². The lowest BCUT2D eigenvalue weighted by molar-refractivity contribution is -0.00501. The SMILES string of the molecule is CCC(N)CCOCC(C)(C)COCCCN. The number of rotatable bonds is 11. The Balaban J connectivity index is 3.49. The summed E-state index contributed by atoms with van der Waals surface area (Å²) in [6.45, 7) is 9.98. The van der Waals surface area contributed by atoms with Crippen LogP contribution in [0, 0.1) is 5.41 Å². The molecular weight excluding hydrogens is 216 g/mol. The molecule has 0 radical (unpaired) electrons. The van der Waals surface area contributed by atoms with Gasteiger partial charge in [0.1, 0.15) is 0 Å². The fourth-order valence-electron chi connectivity index (χ4n) is 1.36. The molecule has 104 valence electrons. The summed E-state index contributed by atoms with van der Waals surface area (Å²) in [7, 11) is 0. The van der Waals surface area contributed by atoms with Gasteiger partial charge < -0.3 is 20.9 Å². The first-order chi connectivity index (χ1) is 8.02. The van der Waals surface area contributed by atoms with Gasteiger partial charge in [-0.2, -0.15) is 0 Å². The Morgan fingerprint density at radius 2 is 1.71 bits per heavy atom. The van der Waals surface area contributed by atoms with Crippen molar-refractivity contribution in [2.75, 3.05) is 33.0 Å². The van der Waals surface area contributed by atoms with Crippen molar-refractivity contribution in [3.05, 3.63) is 0 Å². The van der Waals surface area contributed by atoms with Crippen LogP contribution < -0.4 is 11.5 Å². The summed E-state index contributed by atoms with van der Waals surface area (Å²) in [5, 5.41) is 0. The average Bonchev–Trinajstić information content (AvgIpc) is 2.30. The molecule has 4 nitrogen and oxygen atoms in total. The molecule has 0 amide bonds. The zero-order chi connectivity index (χ0) is 13.1. The summed E-state index contributed by atoms with van der Waals surface area (Å²) in [5.74, 6) is 0. The standard InChI is InChI=1S/C13H30N2O2/c1-4-12(15)6-9-17-11-13(2,3)10-16-8-5-7-14/h12H,4-11,14-15H2,1-3H3. The second-order valence-electron chi connectivity index (χ2n) is 5.37. The molecule has 0 saturated heterocycles. The normalized spacial score (nSPS) is 13.9. The van der Waals surface area contributed by atoms with E-state index in [-0.39, 0.29) is 11.5 Å². The van der Waals surface area contributed by atoms with Gasteiger partial charge in [0.15, 0.2) is 0 Å². The molecule has 0 bridgehead atoms. The maximum Gasteiger partial charge on any atom is 0.0539 e. The highest BCUT2D eigenvalue weighted by Gasteiger charge is 2.18. The topological polar surface area (TPSA) is 70.5 Å². The van der Waals surface area contributed by atoms with E-state index in [0.29, 0.717) is 19.8 Å². The van der Waals surface area contributed by atoms with E-state index >= 15 is 0 Å². The highest BCUT2D eigenvalue weighted by molar-refractivity contribution is 4.67. The number of hydrogen-bond acceptors (Lipinski definition) is 4. The average molecular weight is 246 g/mol. The van der Waals surface area contributed by atoms with Crippen LogP contribution in [0.1, 0.15) is 40.0 Å². The smallest absolute Gasteiger partial charge is 0.0539 e. The lowest BCUT2D eigenvalue weighted by Gasteiger charge is -2.24. The van der Waals surface area contributed by atoms with Crippen molar-refractivity contribution in [2.45, 2.75) is 46.1 Å². The third kappa shape index (κ3) is 10.7. The molecule has 0 saturated carbocycles. The third-order valence-electron chi connectivity index (χ3n) is 2.64. The van der Waals surface area contributed by atoms with Gasteiger partial charge in [-0.25, -0.2) is 0 Å². The molecule has 0 aromatic rings. The minimum Gasteiger partial charge on any atom is -0.381 e. The van der Waals surface area contributed by atoms with Crippen LogP contribution in [-0.2, 0) is 9.47 Å². The van der Waals surface area contributed by atoms with Crippen LogP contribution in [0.15, 0.2) is 0 Å². The van der Waals surface area contributed by atoms with Gasteiger partial charge in [0.25, 0.3) is 0 Å². The zero-order valence-electron chi connectivity index (χ0n) is 11.7. The molecule has 0 fully saturated rings. The predicted molar refractivity (Wildman–Crippen MR) is 72.0 cm³/mol. The molecule has 1 atom stereocenters. The summed E-state index contributed by atoms with van der Waals surface area (Å²) >= 11 is 0. The number of ether oxygens (including phenoxy) is 2. The van der Waals surface area contributed by atoms with E-state index < -0.39 is 0 Å². The fraction of sp³-hybridized carbons (Fsp3) is 1.00. The molecule has 0 aromatic heterocycles. The first kappa shape index (κ1) is 16.8. The van der Waals surface area contributed by atoms with E-state index in [9.17, 15) is 0 Å². The van der Waals surface area contributed by atoms with Crippen LogP contribution in [0.5, 0.6) is 0 Å². The van der Waals surface area contributed by atoms with E-state index in [1.165, 1.54) is 0 Å². The van der Waals surface area contributed by atoms with Gasteiger partial charge in [-0.15, -0.1) is 0 Å². The van der Waals surface area contributed by atoms with Crippen LogP contribution in [-0.4, -0.2) is 39.0 Å². The van der Waals surface area contributed by atoms with E-state index in [2.05, 4.69) is 20.8 Å². The Labute approximate surface area is 106 Å². The molecule has 0 rings (SSSR count). The van der Waals surface area contributed by atoms with Gasteiger partial charge >= 0.3 is 0 Å². The van der Waals surface area contributed by atoms with Crippen molar-refractivity contribution >= 4 is 0 Å². The lowest BCUT2D eigenvalue weighted by atomic mass is 9.96. The molecule has 17 heavy (non-hydrogen) atoms. The summed E-state index contributed by atoms with van der Waals surface area (Å²) < 4.78 is 11.2. The highest BCUT2D eigenvalue weighted by Crippen LogP contribution is 2.16. The molecule has 0 aromatic carbocycles. The number of nitrogens with two attached hydrogens (primary N) is 2. The van der Waals surface area contributed by atoms with Crippen LogP contribution in [0.25, 0.3) is 0 Å². The molecule has 0 spiro atoms. The van der Waals surface area contributed by atoms with Gasteiger partial charge in [0.05, 0.1) is 13.2 Å². The van der Waals surface area contributed by atoms with Crippen LogP contribution in [0.2, 0.25) is 0 Å². The summed E-state index contributed by atoms with van der Waals surface area (Å²) in [4.78, 5) is 0. The fourth-order valence-corrected chi connectivity index (χ4v) is 1.36. The predicted octanol–water partition coefficient (Wildman–Crippen LogP) is 1.52. The van der Waals surface area contributed by atoms with Gasteiger partial charge in [0, 0.05) is 24.7 Å². The quantitative estimate of drug-likeness (QED) is 0.542. The molecular formula is C13H30N2O2. The lowest BCUT2D eigenvalue weighted by Crippen LogP contribution is -2.28. The molecule has 0 heterocycles. The largest absolute Gasteiger partial charge is 0.381 e. The Morgan fingerprint density at radius 1 is 1.12 bits per heavy atom. The van der Waals surface area contributed by atoms with E-state index in [4.69, 9.17) is 20.9 Å². The highest BCUT2D eigenvalue weighted by atomic mass is 16.5. The minimum absolute atomic E-state index is 0.0604. The van der Waals surface area contributed by atoms with Crippen LogP contribution in [0.3, 0.4) is 0 Å². The maximum atomic E-state index is 5.82. The second-order valence-corrected chi connectivity index (χ2v) is 5.37. The van der Waals surface area contributed by atoms with Crippen LogP contribution >= 0.6 is 0 Å². The molecule has 0 aliphatic carbocycles. The molecule has 0 aliphatic heterocycles. The van der Waals surface area contributed by atoms with E-state index in [1.54, 1.807) is 0 Å². The summed E-state index contributed by atoms with van der Waals surface area (Å²) in [5.41, 5.74) is 11.3. The molecule has 4 heteroatoms. The van der Waals surface area contributed by atoms with Crippen molar-refractivity contribution in [2.24, 2.45) is 16.9 Å². The van der Waals surface area contributed by atoms with Crippen molar-refractivity contribution in [3.8, 4) is 0 Å². The van der Waals surface area contributed by atoms with Gasteiger partial charge in [-0.3, -0.25) is 0 Å². The monoisotopic (exact) mass is 246 g/mol. The van der Waals surface area contributed by atoms with Crippen LogP contribution in [0.4, 0.5) is 0 Å². The van der Waals surface area contributed by atoms with E-state index in [1.807, 2.05) is 0 Å². The van der Waals surface area contributed by atoms with Crippen molar-refractivity contribution in [1.29, 1.82) is 0 Å². The Kier molecular flexibility index (Phi) is 9.74. The minimum atomic E-state index is 0.0604. The van der Waals surface area contributed by atoms with Crippen molar-refractivity contribution < 1.29 is 9.47 Å². The Bertz CT molecular complexity index is 175. The van der Waals surface area contributed by atoms with Gasteiger partial charge in [-0.05, 0) is 25.8 Å². The van der Waals surface area contributed by atoms with Gasteiger partial charge in [0.2, 0.25) is 0 Å². The first-order valence-electron chi connectivity index (χ1n) is 6.63. The molecule has 0 aliphatic rings. The van der Waals surface area contributed by atoms with Gasteiger partial charge in [-0.1, -0.05) is 20.8 Å². The first-order valence-corrected chi connectivity index (χ1v) is 6.63. The Morgan fingerprint density at radius 3 is 2.24 bits per heavy atom. The van der Waals surface area contributed by atoms with Crippen molar-refractivity contribution in [1.82, 2.24) is 0 Å². The van der Waals surface area contributed by atoms with Crippen molar-refractivity contribution in [3.63, 3.8) is 0 Å². The number of hydrogen-bond donors (Lipinski definition) is 2. The third-order valence-corrected chi connectivity index (χ3v) is 2.64. The maximum absolute atomic E-state index is 5.82. The molecule has 1 unspecified atom stereocenters. The molecule has 4 N–H and O–H groups in total. The second kappa shape index (κ2) is 9.83. The zero-order valence-corrected chi connectivity index (χ0v) is 11.7. The Hall–Kier alpha value is -0.160. The summed E-state index contributed by atoms with van der Waals surface area (Å²) in [6.07, 6.45) is 2.86.